The number of hydrogen-bond acceptors (Lipinski definition) is 2. The van der Waals surface area contributed by atoms with Crippen molar-refractivity contribution in [2.45, 2.75) is 12.8 Å². The van der Waals surface area contributed by atoms with E-state index in [1.165, 1.54) is 0 Å². The lowest BCUT2D eigenvalue weighted by atomic mass is 9.98. The Bertz CT molecular complexity index is 744. The molecule has 0 N–H and O–H groups in total. The Morgan fingerprint density at radius 2 is 1.96 bits per heavy atom. The highest BCUT2D eigenvalue weighted by atomic mass is 79.9. The maximum Gasteiger partial charge on any atom is 0.130 e. The Morgan fingerprint density at radius 3 is 2.58 bits per heavy atom. The van der Waals surface area contributed by atoms with Crippen LogP contribution in [0.3, 0.4) is 0 Å². The quantitative estimate of drug-likeness (QED) is 0.522. The van der Waals surface area contributed by atoms with Gasteiger partial charge < -0.3 is 9.64 Å². The maximum absolute atomic E-state index is 6.49. The van der Waals surface area contributed by atoms with E-state index in [0.29, 0.717) is 0 Å². The van der Waals surface area contributed by atoms with Crippen LogP contribution in [0.15, 0.2) is 45.9 Å². The molecule has 0 bridgehead atoms. The molecule has 0 atom stereocenters. The highest BCUT2D eigenvalue weighted by molar-refractivity contribution is 9.10. The lowest BCUT2D eigenvalue weighted by Gasteiger charge is -2.19. The van der Waals surface area contributed by atoms with Gasteiger partial charge in [0.05, 0.1) is 7.11 Å². The summed E-state index contributed by atoms with van der Waals surface area (Å²) in [7, 11) is 7.48. The lowest BCUT2D eigenvalue weighted by molar-refractivity contribution is 0.409. The van der Waals surface area contributed by atoms with Crippen LogP contribution in [-0.4, -0.2) is 39.0 Å². The largest absolute Gasteiger partial charge is 0.496 e. The summed E-state index contributed by atoms with van der Waals surface area (Å²) in [4.78, 5) is 6.42. The van der Waals surface area contributed by atoms with Gasteiger partial charge in [0, 0.05) is 36.2 Å². The number of ether oxygens (including phenoxy) is 1. The fraction of sp³-hybridized carbons (Fsp3) is 0.316. The molecule has 0 aliphatic carbocycles. The molecule has 0 amide bonds. The van der Waals surface area contributed by atoms with E-state index < -0.39 is 0 Å². The SMILES string of the molecule is CN=C(c1cccc(Cl)c1CCc1cc(Br)ccc1OC)N(C)C. The van der Waals surface area contributed by atoms with Crippen LogP contribution in [0.2, 0.25) is 5.02 Å². The number of methoxy groups -OCH3 is 1. The maximum atomic E-state index is 6.49. The zero-order valence-corrected chi connectivity index (χ0v) is 16.8. The van der Waals surface area contributed by atoms with E-state index in [0.717, 1.165) is 50.6 Å². The van der Waals surface area contributed by atoms with Gasteiger partial charge in [-0.3, -0.25) is 4.99 Å². The standard InChI is InChI=1S/C19H22BrClN2O/c1-22-19(23(2)3)16-6-5-7-17(21)15(16)10-8-13-12-14(20)9-11-18(13)24-4/h5-7,9,11-12H,8,10H2,1-4H3. The third-order valence-corrected chi connectivity index (χ3v) is 4.73. The van der Waals surface area contributed by atoms with Crippen molar-refractivity contribution < 1.29 is 4.74 Å². The van der Waals surface area contributed by atoms with Gasteiger partial charge in [-0.15, -0.1) is 0 Å². The molecule has 3 nitrogen and oxygen atoms in total. The average molecular weight is 410 g/mol. The normalized spacial score (nSPS) is 11.5. The van der Waals surface area contributed by atoms with Crippen LogP contribution in [0.1, 0.15) is 16.7 Å². The van der Waals surface area contributed by atoms with Crippen LogP contribution >= 0.6 is 27.5 Å². The van der Waals surface area contributed by atoms with Crippen molar-refractivity contribution in [1.82, 2.24) is 4.90 Å². The molecule has 0 aliphatic rings. The Morgan fingerprint density at radius 1 is 1.21 bits per heavy atom. The highest BCUT2D eigenvalue weighted by Crippen LogP contribution is 2.27. The summed E-state index contributed by atoms with van der Waals surface area (Å²) in [5, 5.41) is 0.768. The molecule has 0 saturated carbocycles. The van der Waals surface area contributed by atoms with Gasteiger partial charge in [0.1, 0.15) is 11.6 Å². The van der Waals surface area contributed by atoms with Crippen LogP contribution < -0.4 is 4.74 Å². The zero-order valence-electron chi connectivity index (χ0n) is 14.4. The van der Waals surface area contributed by atoms with Crippen molar-refractivity contribution in [2.75, 3.05) is 28.3 Å². The van der Waals surface area contributed by atoms with Gasteiger partial charge in [0.15, 0.2) is 0 Å². The molecule has 2 aromatic rings. The molecule has 0 heterocycles. The number of amidine groups is 1. The van der Waals surface area contributed by atoms with Gasteiger partial charge in [-0.2, -0.15) is 0 Å². The van der Waals surface area contributed by atoms with Crippen LogP contribution in [0.5, 0.6) is 5.75 Å². The molecule has 0 aromatic heterocycles. The first kappa shape index (κ1) is 18.8. The molecule has 2 aromatic carbocycles. The first-order valence-corrected chi connectivity index (χ1v) is 8.89. The van der Waals surface area contributed by atoms with Crippen molar-refractivity contribution in [3.8, 4) is 5.75 Å². The predicted octanol–water partition coefficient (Wildman–Crippen LogP) is 4.83. The number of halogens is 2. The number of aryl methyl sites for hydroxylation is 1. The lowest BCUT2D eigenvalue weighted by Crippen LogP contribution is -2.24. The minimum absolute atomic E-state index is 0.768. The van der Waals surface area contributed by atoms with Crippen LogP contribution in [-0.2, 0) is 12.8 Å². The van der Waals surface area contributed by atoms with Gasteiger partial charge >= 0.3 is 0 Å². The molecule has 0 radical (unpaired) electrons. The van der Waals surface area contributed by atoms with Crippen molar-refractivity contribution in [3.05, 3.63) is 62.6 Å². The summed E-state index contributed by atoms with van der Waals surface area (Å²) < 4.78 is 6.51. The van der Waals surface area contributed by atoms with Gasteiger partial charge in [-0.05, 0) is 48.2 Å². The van der Waals surface area contributed by atoms with Crippen molar-refractivity contribution in [1.29, 1.82) is 0 Å². The molecule has 0 saturated heterocycles. The second-order valence-corrected chi connectivity index (χ2v) is 6.99. The molecule has 0 spiro atoms. The Kier molecular flexibility index (Phi) is 6.69. The average Bonchev–Trinajstić information content (AvgIpc) is 2.54. The van der Waals surface area contributed by atoms with Gasteiger partial charge in [0.2, 0.25) is 0 Å². The molecular weight excluding hydrogens is 388 g/mol. The van der Waals surface area contributed by atoms with E-state index in [2.05, 4.69) is 33.1 Å². The first-order chi connectivity index (χ1) is 11.5. The van der Waals surface area contributed by atoms with Crippen molar-refractivity contribution in [2.24, 2.45) is 4.99 Å². The molecule has 24 heavy (non-hydrogen) atoms. The third-order valence-electron chi connectivity index (χ3n) is 3.88. The topological polar surface area (TPSA) is 24.8 Å². The fourth-order valence-electron chi connectivity index (χ4n) is 2.79. The Hall–Kier alpha value is -1.52. The summed E-state index contributed by atoms with van der Waals surface area (Å²) in [6, 6.07) is 12.0. The van der Waals surface area contributed by atoms with E-state index in [9.17, 15) is 0 Å². The summed E-state index contributed by atoms with van der Waals surface area (Å²) in [6.07, 6.45) is 1.65. The van der Waals surface area contributed by atoms with Crippen LogP contribution in [0, 0.1) is 0 Å². The molecule has 0 unspecified atom stereocenters. The Balaban J connectivity index is 2.36. The molecule has 2 rings (SSSR count). The number of rotatable bonds is 5. The van der Waals surface area contributed by atoms with E-state index >= 15 is 0 Å². The smallest absolute Gasteiger partial charge is 0.130 e. The molecule has 0 aliphatic heterocycles. The van der Waals surface area contributed by atoms with Crippen LogP contribution in [0.4, 0.5) is 0 Å². The molecule has 0 fully saturated rings. The number of benzene rings is 2. The van der Waals surface area contributed by atoms with Gasteiger partial charge in [-0.1, -0.05) is 39.7 Å². The van der Waals surface area contributed by atoms with E-state index in [1.54, 1.807) is 14.2 Å². The number of nitrogens with zero attached hydrogens (tertiary/aromatic N) is 2. The summed E-state index contributed by atoms with van der Waals surface area (Å²) >= 11 is 10.0. The van der Waals surface area contributed by atoms with Crippen molar-refractivity contribution >= 4 is 33.4 Å². The van der Waals surface area contributed by atoms with Gasteiger partial charge in [-0.25, -0.2) is 0 Å². The predicted molar refractivity (Wildman–Crippen MR) is 106 cm³/mol. The molecule has 128 valence electrons. The Labute approximate surface area is 157 Å². The van der Waals surface area contributed by atoms with Crippen LogP contribution in [0.25, 0.3) is 0 Å². The van der Waals surface area contributed by atoms with Crippen molar-refractivity contribution in [3.63, 3.8) is 0 Å². The number of hydrogen-bond donors (Lipinski definition) is 0. The van der Waals surface area contributed by atoms with E-state index in [-0.39, 0.29) is 0 Å². The molecular formula is C19H22BrClN2O. The van der Waals surface area contributed by atoms with E-state index in [4.69, 9.17) is 16.3 Å². The second kappa shape index (κ2) is 8.54. The minimum Gasteiger partial charge on any atom is -0.496 e. The fourth-order valence-corrected chi connectivity index (χ4v) is 3.46. The monoisotopic (exact) mass is 408 g/mol. The second-order valence-electron chi connectivity index (χ2n) is 5.66. The first-order valence-electron chi connectivity index (χ1n) is 7.72. The summed E-state index contributed by atoms with van der Waals surface area (Å²) in [5.74, 6) is 1.82. The molecule has 5 heteroatoms. The van der Waals surface area contributed by atoms with E-state index in [1.807, 2.05) is 43.3 Å². The minimum atomic E-state index is 0.768. The third kappa shape index (κ3) is 4.31. The summed E-state index contributed by atoms with van der Waals surface area (Å²) in [6.45, 7) is 0. The zero-order chi connectivity index (χ0) is 17.7. The highest BCUT2D eigenvalue weighted by Gasteiger charge is 2.14. The number of aliphatic imine (C=N–C) groups is 1. The summed E-state index contributed by atoms with van der Waals surface area (Å²) in [5.41, 5.74) is 3.33. The van der Waals surface area contributed by atoms with Gasteiger partial charge in [0.25, 0.3) is 0 Å².